The zero-order chi connectivity index (χ0) is 13.4. The van der Waals surface area contributed by atoms with Gasteiger partial charge in [0.05, 0.1) is 5.56 Å². The quantitative estimate of drug-likeness (QED) is 0.853. The minimum Gasteiger partial charge on any atom is -0.507 e. The lowest BCUT2D eigenvalue weighted by Crippen LogP contribution is -2.05. The second-order valence-electron chi connectivity index (χ2n) is 5.59. The Balaban J connectivity index is 2.52. The van der Waals surface area contributed by atoms with Gasteiger partial charge in [-0.25, -0.2) is 4.79 Å². The first-order valence-corrected chi connectivity index (χ1v) is 6.52. The van der Waals surface area contributed by atoms with Gasteiger partial charge in [0.2, 0.25) is 0 Å². The van der Waals surface area contributed by atoms with Gasteiger partial charge in [0, 0.05) is 0 Å². The van der Waals surface area contributed by atoms with Crippen molar-refractivity contribution in [1.29, 1.82) is 0 Å². The summed E-state index contributed by atoms with van der Waals surface area (Å²) in [6.07, 6.45) is 2.35. The van der Waals surface area contributed by atoms with Crippen LogP contribution in [0.3, 0.4) is 0 Å². The fourth-order valence-electron chi connectivity index (χ4n) is 2.44. The van der Waals surface area contributed by atoms with Gasteiger partial charge in [-0.2, -0.15) is 0 Å². The van der Waals surface area contributed by atoms with Gasteiger partial charge in [0.25, 0.3) is 0 Å². The van der Waals surface area contributed by atoms with E-state index >= 15 is 0 Å². The average Bonchev–Trinajstić information content (AvgIpc) is 3.11. The smallest absolute Gasteiger partial charge is 0.335 e. The summed E-state index contributed by atoms with van der Waals surface area (Å²) in [5.74, 6) is 0.312. The molecule has 0 aliphatic heterocycles. The summed E-state index contributed by atoms with van der Waals surface area (Å²) in [6.45, 7) is 6.00. The molecule has 0 saturated heterocycles. The highest BCUT2D eigenvalue weighted by molar-refractivity contribution is 5.88. The minimum absolute atomic E-state index is 0.120. The number of aromatic hydroxyl groups is 1. The van der Waals surface area contributed by atoms with Crippen LogP contribution in [0.15, 0.2) is 12.1 Å². The van der Waals surface area contributed by atoms with Crippen LogP contribution >= 0.6 is 0 Å². The Hall–Kier alpha value is -1.51. The maximum Gasteiger partial charge on any atom is 0.335 e. The van der Waals surface area contributed by atoms with E-state index in [0.29, 0.717) is 5.92 Å². The van der Waals surface area contributed by atoms with E-state index in [4.69, 9.17) is 5.11 Å². The van der Waals surface area contributed by atoms with E-state index in [0.717, 1.165) is 11.1 Å². The average molecular weight is 248 g/mol. The lowest BCUT2D eigenvalue weighted by molar-refractivity contribution is 0.0696. The van der Waals surface area contributed by atoms with Crippen molar-refractivity contribution in [2.75, 3.05) is 0 Å². The number of benzene rings is 1. The molecule has 1 aromatic rings. The number of aromatic carboxylic acids is 1. The second kappa shape index (κ2) is 4.63. The molecule has 1 aliphatic rings. The first kappa shape index (κ1) is 12.9. The summed E-state index contributed by atoms with van der Waals surface area (Å²) < 4.78 is 0. The van der Waals surface area contributed by atoms with Crippen molar-refractivity contribution in [3.8, 4) is 5.75 Å². The van der Waals surface area contributed by atoms with E-state index in [9.17, 15) is 9.90 Å². The Morgan fingerprint density at radius 1 is 1.22 bits per heavy atom. The fourth-order valence-corrected chi connectivity index (χ4v) is 2.44. The van der Waals surface area contributed by atoms with Crippen LogP contribution in [0.25, 0.3) is 0 Å². The lowest BCUT2D eigenvalue weighted by Gasteiger charge is -2.18. The molecule has 18 heavy (non-hydrogen) atoms. The predicted molar refractivity (Wildman–Crippen MR) is 70.3 cm³/mol. The van der Waals surface area contributed by atoms with Gasteiger partial charge in [-0.3, -0.25) is 0 Å². The number of phenolic OH excluding ortho intramolecular Hbond substituents is 1. The molecule has 3 nitrogen and oxygen atoms in total. The molecule has 1 fully saturated rings. The largest absolute Gasteiger partial charge is 0.507 e. The molecule has 2 N–H and O–H groups in total. The molecule has 0 heterocycles. The van der Waals surface area contributed by atoms with Crippen LogP contribution in [-0.2, 0) is 0 Å². The van der Waals surface area contributed by atoms with Crippen molar-refractivity contribution in [2.45, 2.75) is 45.4 Å². The normalized spacial score (nSPS) is 16.9. The molecule has 1 saturated carbocycles. The van der Waals surface area contributed by atoms with Crippen molar-refractivity contribution in [3.63, 3.8) is 0 Å². The highest BCUT2D eigenvalue weighted by atomic mass is 16.4. The standard InChI is InChI=1S/C15H20O3/c1-8(2)12-6-11(15(17)18)7-13(14(12)16)9(3)10-4-5-10/h6-10,16H,4-5H2,1-3H3,(H,17,18)/t9-/m1/s1. The van der Waals surface area contributed by atoms with Gasteiger partial charge in [0.15, 0.2) is 0 Å². The molecular formula is C15H20O3. The molecule has 1 aromatic carbocycles. The predicted octanol–water partition coefficient (Wildman–Crippen LogP) is 3.73. The van der Waals surface area contributed by atoms with E-state index in [-0.39, 0.29) is 23.1 Å². The van der Waals surface area contributed by atoms with Crippen LogP contribution in [-0.4, -0.2) is 16.2 Å². The van der Waals surface area contributed by atoms with Crippen molar-refractivity contribution in [3.05, 3.63) is 28.8 Å². The maximum absolute atomic E-state index is 11.2. The van der Waals surface area contributed by atoms with E-state index < -0.39 is 5.97 Å². The number of carboxylic acid groups (broad SMARTS) is 1. The van der Waals surface area contributed by atoms with Gasteiger partial charge in [-0.15, -0.1) is 0 Å². The summed E-state index contributed by atoms with van der Waals surface area (Å²) in [5.41, 5.74) is 1.80. The molecule has 2 rings (SSSR count). The van der Waals surface area contributed by atoms with Gasteiger partial charge in [-0.1, -0.05) is 20.8 Å². The summed E-state index contributed by atoms with van der Waals surface area (Å²) in [5, 5.41) is 19.5. The van der Waals surface area contributed by atoms with Crippen molar-refractivity contribution < 1.29 is 15.0 Å². The Morgan fingerprint density at radius 2 is 1.78 bits per heavy atom. The van der Waals surface area contributed by atoms with Crippen molar-refractivity contribution >= 4 is 5.97 Å². The first-order chi connectivity index (χ1) is 8.41. The molecule has 1 aliphatic carbocycles. The zero-order valence-corrected chi connectivity index (χ0v) is 11.1. The van der Waals surface area contributed by atoms with Crippen molar-refractivity contribution in [2.24, 2.45) is 5.92 Å². The third-order valence-corrected chi connectivity index (χ3v) is 3.86. The lowest BCUT2D eigenvalue weighted by atomic mass is 9.88. The minimum atomic E-state index is -0.929. The summed E-state index contributed by atoms with van der Waals surface area (Å²) in [4.78, 5) is 11.2. The first-order valence-electron chi connectivity index (χ1n) is 6.52. The molecule has 98 valence electrons. The van der Waals surface area contributed by atoms with Gasteiger partial charge in [0.1, 0.15) is 5.75 Å². The van der Waals surface area contributed by atoms with Crippen LogP contribution < -0.4 is 0 Å². The number of phenols is 1. The highest BCUT2D eigenvalue weighted by Gasteiger charge is 2.31. The Bertz CT molecular complexity index is 473. The van der Waals surface area contributed by atoms with Crippen LogP contribution in [0.5, 0.6) is 5.75 Å². The summed E-state index contributed by atoms with van der Waals surface area (Å²) in [7, 11) is 0. The molecular weight excluding hydrogens is 228 g/mol. The number of rotatable bonds is 4. The Morgan fingerprint density at radius 3 is 2.22 bits per heavy atom. The van der Waals surface area contributed by atoms with Gasteiger partial charge in [-0.05, 0) is 53.9 Å². The fraction of sp³-hybridized carbons (Fsp3) is 0.533. The molecule has 0 bridgehead atoms. The zero-order valence-electron chi connectivity index (χ0n) is 11.1. The van der Waals surface area contributed by atoms with Crippen LogP contribution in [0.4, 0.5) is 0 Å². The molecule has 0 spiro atoms. The van der Waals surface area contributed by atoms with E-state index in [2.05, 4.69) is 6.92 Å². The Kier molecular flexibility index (Phi) is 3.33. The molecule has 0 aromatic heterocycles. The maximum atomic E-state index is 11.2. The monoisotopic (exact) mass is 248 g/mol. The van der Waals surface area contributed by atoms with Crippen LogP contribution in [0, 0.1) is 5.92 Å². The highest BCUT2D eigenvalue weighted by Crippen LogP contribution is 2.46. The van der Waals surface area contributed by atoms with E-state index in [1.54, 1.807) is 12.1 Å². The van der Waals surface area contributed by atoms with E-state index in [1.807, 2.05) is 13.8 Å². The third kappa shape index (κ3) is 2.35. The molecule has 0 unspecified atom stereocenters. The van der Waals surface area contributed by atoms with Crippen LogP contribution in [0.2, 0.25) is 0 Å². The molecule has 0 radical (unpaired) electrons. The number of carboxylic acids is 1. The Labute approximate surface area is 107 Å². The molecule has 1 atom stereocenters. The SMILES string of the molecule is CC(C)c1cc(C(=O)O)cc([C@H](C)C2CC2)c1O. The second-order valence-corrected chi connectivity index (χ2v) is 5.59. The topological polar surface area (TPSA) is 57.5 Å². The van der Waals surface area contributed by atoms with Crippen molar-refractivity contribution in [1.82, 2.24) is 0 Å². The van der Waals surface area contributed by atoms with E-state index in [1.165, 1.54) is 12.8 Å². The number of hydrogen-bond acceptors (Lipinski definition) is 2. The third-order valence-electron chi connectivity index (χ3n) is 3.86. The van der Waals surface area contributed by atoms with Crippen LogP contribution in [0.1, 0.15) is 66.9 Å². The molecule has 3 heteroatoms. The van der Waals surface area contributed by atoms with Gasteiger partial charge < -0.3 is 10.2 Å². The number of carbonyl (C=O) groups is 1. The molecule has 0 amide bonds. The van der Waals surface area contributed by atoms with Gasteiger partial charge >= 0.3 is 5.97 Å². The number of hydrogen-bond donors (Lipinski definition) is 2. The summed E-state index contributed by atoms with van der Waals surface area (Å²) in [6, 6.07) is 3.22. The summed E-state index contributed by atoms with van der Waals surface area (Å²) >= 11 is 0.